The van der Waals surface area contributed by atoms with E-state index in [1.807, 2.05) is 37.4 Å². The molecule has 0 radical (unpaired) electrons. The first kappa shape index (κ1) is 13.3. The van der Waals surface area contributed by atoms with Gasteiger partial charge in [0.25, 0.3) is 0 Å². The number of fused-ring (bicyclic) bond motifs is 1. The summed E-state index contributed by atoms with van der Waals surface area (Å²) in [4.78, 5) is 0. The quantitative estimate of drug-likeness (QED) is 0.440. The van der Waals surface area contributed by atoms with Crippen LogP contribution < -0.4 is 21.4 Å². The number of nitrogens with one attached hydrogen (secondary N) is 3. The van der Waals surface area contributed by atoms with E-state index in [1.54, 1.807) is 12.1 Å². The maximum absolute atomic E-state index is 10.4. The zero-order chi connectivity index (χ0) is 15.0. The third-order valence-electron chi connectivity index (χ3n) is 3.61. The van der Waals surface area contributed by atoms with Gasteiger partial charge in [-0.3, -0.25) is 10.6 Å². The highest BCUT2D eigenvalue weighted by Gasteiger charge is 2.29. The number of hydrogen-bond acceptors (Lipinski definition) is 5. The molecule has 0 saturated carbocycles. The van der Waals surface area contributed by atoms with Gasteiger partial charge in [-0.15, -0.1) is 0 Å². The van der Waals surface area contributed by atoms with Crippen LogP contribution >= 0.6 is 0 Å². The Morgan fingerprint density at radius 3 is 2.62 bits per heavy atom. The summed E-state index contributed by atoms with van der Waals surface area (Å²) in [6, 6.07) is 13.1. The third kappa shape index (κ3) is 2.25. The smallest absolute Gasteiger partial charge is 0.150 e. The molecule has 0 aliphatic carbocycles. The Hall–Kier alpha value is -2.73. The van der Waals surface area contributed by atoms with E-state index < -0.39 is 0 Å². The minimum Gasteiger partial charge on any atom is -0.388 e. The van der Waals surface area contributed by atoms with E-state index in [4.69, 9.17) is 11.1 Å². The molecule has 6 N–H and O–H groups in total. The Labute approximate surface area is 122 Å². The first-order valence-electron chi connectivity index (χ1n) is 6.61. The van der Waals surface area contributed by atoms with Crippen LogP contribution in [0.3, 0.4) is 0 Å². The minimum absolute atomic E-state index is 0.0203. The number of nitrogens with two attached hydrogens (primary N) is 1. The summed E-state index contributed by atoms with van der Waals surface area (Å²) in [5.74, 6) is -0.0203. The van der Waals surface area contributed by atoms with Gasteiger partial charge in [-0.1, -0.05) is 12.1 Å². The molecule has 2 aromatic rings. The van der Waals surface area contributed by atoms with Crippen LogP contribution in [0.1, 0.15) is 17.3 Å². The fraction of sp³-hybridized carbons (Fsp3) is 0.133. The number of rotatable bonds is 3. The molecule has 2 aromatic carbocycles. The fourth-order valence-electron chi connectivity index (χ4n) is 2.41. The van der Waals surface area contributed by atoms with Gasteiger partial charge in [-0.25, -0.2) is 5.06 Å². The number of amidine groups is 1. The Morgan fingerprint density at radius 2 is 2.00 bits per heavy atom. The molecule has 108 valence electrons. The lowest BCUT2D eigenvalue weighted by Crippen LogP contribution is -2.24. The number of hydrogen-bond donors (Lipinski definition) is 5. The van der Waals surface area contributed by atoms with Crippen LogP contribution in [0, 0.1) is 5.41 Å². The van der Waals surface area contributed by atoms with Gasteiger partial charge in [0, 0.05) is 18.3 Å². The molecule has 21 heavy (non-hydrogen) atoms. The molecule has 0 aromatic heterocycles. The molecule has 6 nitrogen and oxygen atoms in total. The highest BCUT2D eigenvalue weighted by molar-refractivity contribution is 5.97. The molecule has 3 rings (SSSR count). The lowest BCUT2D eigenvalue weighted by Gasteiger charge is -2.20. The minimum atomic E-state index is -0.354. The summed E-state index contributed by atoms with van der Waals surface area (Å²) < 4.78 is 0. The molecule has 1 unspecified atom stereocenters. The second-order valence-corrected chi connectivity index (χ2v) is 4.91. The van der Waals surface area contributed by atoms with Crippen molar-refractivity contribution in [2.24, 2.45) is 5.73 Å². The van der Waals surface area contributed by atoms with Gasteiger partial charge in [0.15, 0.2) is 6.17 Å². The average Bonchev–Trinajstić information content (AvgIpc) is 2.84. The lowest BCUT2D eigenvalue weighted by atomic mass is 10.1. The normalized spacial score (nSPS) is 16.3. The summed E-state index contributed by atoms with van der Waals surface area (Å²) >= 11 is 0. The predicted molar refractivity (Wildman–Crippen MR) is 84.1 cm³/mol. The van der Waals surface area contributed by atoms with Crippen molar-refractivity contribution in [2.75, 3.05) is 22.7 Å². The van der Waals surface area contributed by atoms with Gasteiger partial charge in [0.1, 0.15) is 5.84 Å². The topological polar surface area (TPSA) is 97.4 Å². The molecule has 1 aliphatic heterocycles. The molecule has 1 aliphatic rings. The van der Waals surface area contributed by atoms with E-state index >= 15 is 0 Å². The maximum atomic E-state index is 10.4. The monoisotopic (exact) mass is 283 g/mol. The first-order chi connectivity index (χ1) is 10.1. The second-order valence-electron chi connectivity index (χ2n) is 4.91. The molecule has 0 fully saturated rings. The molecule has 0 bridgehead atoms. The molecule has 0 amide bonds. The fourth-order valence-corrected chi connectivity index (χ4v) is 2.41. The Bertz CT molecular complexity index is 683. The predicted octanol–water partition coefficient (Wildman–Crippen LogP) is 2.33. The summed E-state index contributed by atoms with van der Waals surface area (Å²) in [5.41, 5.74) is 9.45. The zero-order valence-electron chi connectivity index (χ0n) is 11.6. The summed E-state index contributed by atoms with van der Waals surface area (Å²) in [7, 11) is 1.86. The Kier molecular flexibility index (Phi) is 3.15. The van der Waals surface area contributed by atoms with Crippen LogP contribution in [0.15, 0.2) is 42.5 Å². The van der Waals surface area contributed by atoms with Crippen molar-refractivity contribution in [3.63, 3.8) is 0 Å². The van der Waals surface area contributed by atoms with Crippen molar-refractivity contribution in [3.8, 4) is 0 Å². The van der Waals surface area contributed by atoms with Crippen molar-refractivity contribution < 1.29 is 5.21 Å². The van der Waals surface area contributed by atoms with Crippen LogP contribution in [-0.4, -0.2) is 18.1 Å². The van der Waals surface area contributed by atoms with E-state index in [1.165, 1.54) is 0 Å². The van der Waals surface area contributed by atoms with Gasteiger partial charge in [0.2, 0.25) is 0 Å². The largest absolute Gasteiger partial charge is 0.388 e. The van der Waals surface area contributed by atoms with E-state index in [9.17, 15) is 5.21 Å². The number of nitrogens with zero attached hydrogens (tertiary/aromatic N) is 1. The highest BCUT2D eigenvalue weighted by Crippen LogP contribution is 2.40. The van der Waals surface area contributed by atoms with E-state index in [-0.39, 0.29) is 12.0 Å². The SMILES string of the molecule is CNc1ccc(C2Nc3ccc(C(=N)N)cc3N2O)cc1. The highest BCUT2D eigenvalue weighted by atomic mass is 16.5. The van der Waals surface area contributed by atoms with Crippen molar-refractivity contribution in [1.82, 2.24) is 0 Å². The van der Waals surface area contributed by atoms with Gasteiger partial charge in [-0.2, -0.15) is 0 Å². The van der Waals surface area contributed by atoms with E-state index in [0.29, 0.717) is 11.3 Å². The average molecular weight is 283 g/mol. The Balaban J connectivity index is 1.92. The summed E-state index contributed by atoms with van der Waals surface area (Å²) in [6.07, 6.45) is -0.354. The van der Waals surface area contributed by atoms with Crippen LogP contribution in [0.2, 0.25) is 0 Å². The van der Waals surface area contributed by atoms with Crippen LogP contribution in [0.25, 0.3) is 0 Å². The lowest BCUT2D eigenvalue weighted by molar-refractivity contribution is 0.234. The van der Waals surface area contributed by atoms with E-state index in [0.717, 1.165) is 22.0 Å². The second kappa shape index (κ2) is 4.99. The van der Waals surface area contributed by atoms with Crippen molar-refractivity contribution in [2.45, 2.75) is 6.17 Å². The zero-order valence-corrected chi connectivity index (χ0v) is 11.6. The molecule has 0 spiro atoms. The van der Waals surface area contributed by atoms with Crippen LogP contribution in [0.4, 0.5) is 17.1 Å². The molecular formula is C15H17N5O. The van der Waals surface area contributed by atoms with E-state index in [2.05, 4.69) is 10.6 Å². The molecule has 0 saturated heterocycles. The molecular weight excluding hydrogens is 266 g/mol. The van der Waals surface area contributed by atoms with Crippen molar-refractivity contribution >= 4 is 22.9 Å². The first-order valence-corrected chi connectivity index (χ1v) is 6.61. The summed E-state index contributed by atoms with van der Waals surface area (Å²) in [6.45, 7) is 0. The van der Waals surface area contributed by atoms with Gasteiger partial charge < -0.3 is 16.4 Å². The maximum Gasteiger partial charge on any atom is 0.150 e. The molecule has 1 heterocycles. The molecule has 6 heteroatoms. The van der Waals surface area contributed by atoms with Gasteiger partial charge >= 0.3 is 0 Å². The van der Waals surface area contributed by atoms with Crippen molar-refractivity contribution in [1.29, 1.82) is 5.41 Å². The number of anilines is 3. The number of hydroxylamine groups is 1. The standard InChI is InChI=1S/C15H17N5O/c1-18-11-5-2-9(3-6-11)15-19-12-7-4-10(14(16)17)8-13(12)20(15)21/h2-8,15,18-19,21H,1H3,(H3,16,17). The van der Waals surface area contributed by atoms with Crippen LogP contribution in [-0.2, 0) is 0 Å². The molecule has 1 atom stereocenters. The summed E-state index contributed by atoms with van der Waals surface area (Å²) in [5, 5.41) is 25.3. The van der Waals surface area contributed by atoms with Gasteiger partial charge in [0.05, 0.1) is 11.4 Å². The van der Waals surface area contributed by atoms with Gasteiger partial charge in [-0.05, 0) is 35.9 Å². The number of nitrogen functional groups attached to an aromatic ring is 1. The van der Waals surface area contributed by atoms with Crippen LogP contribution in [0.5, 0.6) is 0 Å². The third-order valence-corrected chi connectivity index (χ3v) is 3.61. The van der Waals surface area contributed by atoms with Crippen molar-refractivity contribution in [3.05, 3.63) is 53.6 Å². The Morgan fingerprint density at radius 1 is 1.29 bits per heavy atom. The number of benzene rings is 2.